The Kier molecular flexibility index (Phi) is 4.62. The van der Waals surface area contributed by atoms with Crippen LogP contribution in [0.3, 0.4) is 0 Å². The Morgan fingerprint density at radius 1 is 1.04 bits per heavy atom. The van der Waals surface area contributed by atoms with Gasteiger partial charge in [-0.15, -0.1) is 0 Å². The minimum Gasteiger partial charge on any atom is -0.497 e. The predicted molar refractivity (Wildman–Crippen MR) is 107 cm³/mol. The lowest BCUT2D eigenvalue weighted by molar-refractivity contribution is 0.402. The molecule has 0 spiro atoms. The van der Waals surface area contributed by atoms with Crippen LogP contribution in [0.1, 0.15) is 5.56 Å². The highest BCUT2D eigenvalue weighted by Gasteiger charge is 2.13. The van der Waals surface area contributed by atoms with Crippen LogP contribution >= 0.6 is 11.3 Å². The van der Waals surface area contributed by atoms with Crippen molar-refractivity contribution in [3.63, 3.8) is 0 Å². The normalized spacial score (nSPS) is 11.7. The Hall–Kier alpha value is -3.52. The fourth-order valence-corrected chi connectivity index (χ4v) is 3.67. The van der Waals surface area contributed by atoms with Crippen molar-refractivity contribution in [2.24, 2.45) is 0 Å². The average Bonchev–Trinajstić information content (AvgIpc) is 3.02. The molecule has 0 aliphatic rings. The molecule has 4 aromatic rings. The lowest BCUT2D eigenvalue weighted by atomic mass is 10.2. The molecule has 0 saturated carbocycles. The highest BCUT2D eigenvalue weighted by molar-refractivity contribution is 7.15. The first-order chi connectivity index (χ1) is 13.6. The van der Waals surface area contributed by atoms with Gasteiger partial charge in [0, 0.05) is 11.1 Å². The van der Waals surface area contributed by atoms with Crippen LogP contribution in [0.4, 0.5) is 0 Å². The van der Waals surface area contributed by atoms with Crippen LogP contribution in [0.2, 0.25) is 0 Å². The van der Waals surface area contributed by atoms with Crippen molar-refractivity contribution >= 4 is 22.4 Å². The van der Waals surface area contributed by atoms with Crippen LogP contribution in [0.15, 0.2) is 58.1 Å². The van der Waals surface area contributed by atoms with E-state index in [-0.39, 0.29) is 16.2 Å². The van der Waals surface area contributed by atoms with Crippen LogP contribution in [-0.4, -0.2) is 28.8 Å². The number of ether oxygens (including phenoxy) is 2. The molecule has 2 heterocycles. The predicted octanol–water partition coefficient (Wildman–Crippen LogP) is 1.74. The molecule has 0 radical (unpaired) electrons. The molecule has 2 aromatic heterocycles. The Balaban J connectivity index is 1.93. The molecule has 0 unspecified atom stereocenters. The summed E-state index contributed by atoms with van der Waals surface area (Å²) in [6.45, 7) is 0. The summed E-state index contributed by atoms with van der Waals surface area (Å²) >= 11 is 1.09. The van der Waals surface area contributed by atoms with Gasteiger partial charge in [-0.05, 0) is 24.3 Å². The van der Waals surface area contributed by atoms with E-state index < -0.39 is 5.56 Å². The number of fused-ring (bicyclic) bond motifs is 1. The zero-order chi connectivity index (χ0) is 19.7. The van der Waals surface area contributed by atoms with Gasteiger partial charge in [0.2, 0.25) is 4.96 Å². The number of aromatic nitrogens is 3. The van der Waals surface area contributed by atoms with E-state index in [9.17, 15) is 9.59 Å². The standard InChI is InChI=1S/C20H15N3O4S/c1-26-14-8-9-15(27-2)13(10-14)11-16-19(25)23-20(28-16)21-18(24)17(22-23)12-6-4-3-5-7-12/h3-11H,1-2H3. The van der Waals surface area contributed by atoms with Crippen molar-refractivity contribution in [1.82, 2.24) is 14.6 Å². The van der Waals surface area contributed by atoms with E-state index in [2.05, 4.69) is 10.1 Å². The maximum Gasteiger partial charge on any atom is 0.300 e. The van der Waals surface area contributed by atoms with Gasteiger partial charge in [-0.25, -0.2) is 0 Å². The van der Waals surface area contributed by atoms with Crippen LogP contribution in [0.5, 0.6) is 11.5 Å². The van der Waals surface area contributed by atoms with E-state index in [1.807, 2.05) is 6.07 Å². The Labute approximate surface area is 163 Å². The number of thiazole rings is 1. The summed E-state index contributed by atoms with van der Waals surface area (Å²) in [5.74, 6) is 1.23. The molecule has 0 N–H and O–H groups in total. The number of rotatable bonds is 4. The monoisotopic (exact) mass is 393 g/mol. The summed E-state index contributed by atoms with van der Waals surface area (Å²) in [6.07, 6.45) is 1.68. The number of methoxy groups -OCH3 is 2. The molecule has 0 amide bonds. The first-order valence-corrected chi connectivity index (χ1v) is 9.15. The van der Waals surface area contributed by atoms with E-state index in [0.717, 1.165) is 15.9 Å². The molecule has 0 aliphatic carbocycles. The average molecular weight is 393 g/mol. The molecule has 0 atom stereocenters. The third-order valence-electron chi connectivity index (χ3n) is 4.16. The summed E-state index contributed by atoms with van der Waals surface area (Å²) in [4.78, 5) is 29.5. The molecule has 0 fully saturated rings. The van der Waals surface area contributed by atoms with Crippen molar-refractivity contribution in [3.05, 3.63) is 79.3 Å². The lowest BCUT2D eigenvalue weighted by Gasteiger charge is -2.06. The quantitative estimate of drug-likeness (QED) is 0.525. The van der Waals surface area contributed by atoms with Crippen LogP contribution in [0.25, 0.3) is 22.3 Å². The number of hydrogen-bond donors (Lipinski definition) is 0. The molecule has 4 rings (SSSR count). The van der Waals surface area contributed by atoms with Gasteiger partial charge in [-0.3, -0.25) is 9.59 Å². The minimum atomic E-state index is -0.474. The van der Waals surface area contributed by atoms with E-state index in [4.69, 9.17) is 9.47 Å². The maximum absolute atomic E-state index is 12.8. The molecule has 0 saturated heterocycles. The largest absolute Gasteiger partial charge is 0.497 e. The first kappa shape index (κ1) is 17.9. The second-order valence-corrected chi connectivity index (χ2v) is 6.86. The van der Waals surface area contributed by atoms with Crippen LogP contribution < -0.4 is 25.1 Å². The molecule has 8 heteroatoms. The van der Waals surface area contributed by atoms with Crippen LogP contribution in [0, 0.1) is 0 Å². The maximum atomic E-state index is 12.8. The summed E-state index contributed by atoms with van der Waals surface area (Å²) in [7, 11) is 3.12. The van der Waals surface area contributed by atoms with E-state index in [1.54, 1.807) is 62.8 Å². The van der Waals surface area contributed by atoms with Crippen molar-refractivity contribution in [2.45, 2.75) is 0 Å². The second-order valence-electron chi connectivity index (χ2n) is 5.85. The minimum absolute atomic E-state index is 0.138. The molecule has 140 valence electrons. The van der Waals surface area contributed by atoms with Crippen molar-refractivity contribution < 1.29 is 9.47 Å². The number of hydrogen-bond acceptors (Lipinski definition) is 7. The Morgan fingerprint density at radius 2 is 1.82 bits per heavy atom. The highest BCUT2D eigenvalue weighted by Crippen LogP contribution is 2.24. The molecular weight excluding hydrogens is 378 g/mol. The fourth-order valence-electron chi connectivity index (χ4n) is 2.78. The molecule has 0 aliphatic heterocycles. The summed E-state index contributed by atoms with van der Waals surface area (Å²) in [5, 5.41) is 4.25. The van der Waals surface area contributed by atoms with Crippen LogP contribution in [-0.2, 0) is 0 Å². The van der Waals surface area contributed by atoms with E-state index in [0.29, 0.717) is 27.2 Å². The Bertz CT molecular complexity index is 1330. The Morgan fingerprint density at radius 3 is 2.54 bits per heavy atom. The topological polar surface area (TPSA) is 82.8 Å². The van der Waals surface area contributed by atoms with Gasteiger partial charge < -0.3 is 9.47 Å². The number of benzene rings is 2. The summed E-state index contributed by atoms with van der Waals surface area (Å²) < 4.78 is 12.1. The molecule has 2 aromatic carbocycles. The van der Waals surface area contributed by atoms with E-state index in [1.165, 1.54) is 0 Å². The molecular formula is C20H15N3O4S. The zero-order valence-corrected chi connectivity index (χ0v) is 15.9. The van der Waals surface area contributed by atoms with Gasteiger partial charge in [-0.2, -0.15) is 14.6 Å². The molecule has 0 bridgehead atoms. The van der Waals surface area contributed by atoms with Gasteiger partial charge >= 0.3 is 5.56 Å². The third kappa shape index (κ3) is 3.14. The third-order valence-corrected chi connectivity index (χ3v) is 5.12. The highest BCUT2D eigenvalue weighted by atomic mass is 32.1. The molecule has 7 nitrogen and oxygen atoms in total. The smallest absolute Gasteiger partial charge is 0.300 e. The second kappa shape index (κ2) is 7.24. The van der Waals surface area contributed by atoms with Gasteiger partial charge in [0.05, 0.1) is 18.8 Å². The van der Waals surface area contributed by atoms with Crippen molar-refractivity contribution in [3.8, 4) is 22.8 Å². The fraction of sp³-hybridized carbons (Fsp3) is 0.100. The zero-order valence-electron chi connectivity index (χ0n) is 15.1. The van der Waals surface area contributed by atoms with Crippen molar-refractivity contribution in [1.29, 1.82) is 0 Å². The summed E-state index contributed by atoms with van der Waals surface area (Å²) in [5.41, 5.74) is 0.600. The first-order valence-electron chi connectivity index (χ1n) is 8.34. The van der Waals surface area contributed by atoms with Crippen molar-refractivity contribution in [2.75, 3.05) is 14.2 Å². The SMILES string of the molecule is COc1ccc(OC)c(C=c2sc3nc(=O)c(-c4ccccc4)nn3c2=O)c1. The lowest BCUT2D eigenvalue weighted by Crippen LogP contribution is -2.26. The summed E-state index contributed by atoms with van der Waals surface area (Å²) in [6, 6.07) is 14.2. The van der Waals surface area contributed by atoms with Gasteiger partial charge in [-0.1, -0.05) is 41.7 Å². The van der Waals surface area contributed by atoms with E-state index >= 15 is 0 Å². The van der Waals surface area contributed by atoms with Gasteiger partial charge in [0.25, 0.3) is 5.56 Å². The molecule has 28 heavy (non-hydrogen) atoms. The van der Waals surface area contributed by atoms with Gasteiger partial charge in [0.15, 0.2) is 5.69 Å². The number of nitrogens with zero attached hydrogens (tertiary/aromatic N) is 3. The van der Waals surface area contributed by atoms with Gasteiger partial charge in [0.1, 0.15) is 11.5 Å².